The van der Waals surface area contributed by atoms with Gasteiger partial charge in [0.05, 0.1) is 0 Å². The second-order valence-electron chi connectivity index (χ2n) is 5.62. The third-order valence-electron chi connectivity index (χ3n) is 3.87. The van der Waals surface area contributed by atoms with Crippen molar-refractivity contribution in [3.8, 4) is 10.6 Å². The molecule has 1 aliphatic heterocycles. The molecule has 1 aliphatic rings. The number of carbonyl (C=O) groups excluding carboxylic acids is 1. The van der Waals surface area contributed by atoms with Gasteiger partial charge in [-0.2, -0.15) is 0 Å². The number of carbonyl (C=O) groups is 1. The number of benzene rings is 1. The summed E-state index contributed by atoms with van der Waals surface area (Å²) in [7, 11) is 0. The molecule has 1 fully saturated rings. The minimum Gasteiger partial charge on any atom is -0.303 e. The standard InChI is InChI=1S/C16H19ClN4OS/c17-13-6-4-12(5-7-13)15-19-20-16(23-15)18-14(22)8-11-21-9-2-1-3-10-21/h4-7H,1-3,8-11H2,(H,18,20,22). The van der Waals surface area contributed by atoms with Crippen molar-refractivity contribution in [1.82, 2.24) is 15.1 Å². The largest absolute Gasteiger partial charge is 0.303 e. The van der Waals surface area contributed by atoms with Gasteiger partial charge >= 0.3 is 0 Å². The predicted molar refractivity (Wildman–Crippen MR) is 93.9 cm³/mol. The van der Waals surface area contributed by atoms with Crippen LogP contribution in [0.3, 0.4) is 0 Å². The molecule has 7 heteroatoms. The molecule has 2 heterocycles. The molecule has 1 aromatic carbocycles. The van der Waals surface area contributed by atoms with Crippen LogP contribution < -0.4 is 5.32 Å². The van der Waals surface area contributed by atoms with Crippen molar-refractivity contribution in [3.63, 3.8) is 0 Å². The monoisotopic (exact) mass is 350 g/mol. The second-order valence-corrected chi connectivity index (χ2v) is 7.03. The first-order valence-electron chi connectivity index (χ1n) is 7.82. The van der Waals surface area contributed by atoms with Crippen LogP contribution in [0.15, 0.2) is 24.3 Å². The molecule has 0 bridgehead atoms. The maximum absolute atomic E-state index is 12.0. The summed E-state index contributed by atoms with van der Waals surface area (Å²) in [6.45, 7) is 3.02. The normalized spacial score (nSPS) is 15.5. The zero-order valence-corrected chi connectivity index (χ0v) is 14.4. The maximum Gasteiger partial charge on any atom is 0.227 e. The highest BCUT2D eigenvalue weighted by Crippen LogP contribution is 2.27. The van der Waals surface area contributed by atoms with Crippen molar-refractivity contribution in [2.24, 2.45) is 0 Å². The number of halogens is 1. The minimum atomic E-state index is -0.00520. The lowest BCUT2D eigenvalue weighted by Crippen LogP contribution is -2.32. The maximum atomic E-state index is 12.0. The smallest absolute Gasteiger partial charge is 0.227 e. The molecular formula is C16H19ClN4OS. The summed E-state index contributed by atoms with van der Waals surface area (Å²) in [6.07, 6.45) is 4.28. The van der Waals surface area contributed by atoms with E-state index in [0.717, 1.165) is 30.2 Å². The molecule has 5 nitrogen and oxygen atoms in total. The Morgan fingerprint density at radius 3 is 2.65 bits per heavy atom. The molecule has 1 aromatic heterocycles. The van der Waals surface area contributed by atoms with E-state index in [9.17, 15) is 4.79 Å². The third kappa shape index (κ3) is 4.73. The molecule has 23 heavy (non-hydrogen) atoms. The topological polar surface area (TPSA) is 58.1 Å². The average molecular weight is 351 g/mol. The molecule has 0 unspecified atom stereocenters. The summed E-state index contributed by atoms with van der Waals surface area (Å²) in [5.74, 6) is -0.00520. The first-order valence-corrected chi connectivity index (χ1v) is 9.02. The van der Waals surface area contributed by atoms with Crippen molar-refractivity contribution in [2.75, 3.05) is 25.0 Å². The van der Waals surface area contributed by atoms with E-state index in [2.05, 4.69) is 20.4 Å². The molecule has 2 aromatic rings. The fourth-order valence-corrected chi connectivity index (χ4v) is 3.50. The molecule has 122 valence electrons. The highest BCUT2D eigenvalue weighted by molar-refractivity contribution is 7.18. The van der Waals surface area contributed by atoms with E-state index >= 15 is 0 Å². The summed E-state index contributed by atoms with van der Waals surface area (Å²) >= 11 is 7.25. The van der Waals surface area contributed by atoms with Gasteiger partial charge in [0.25, 0.3) is 0 Å². The van der Waals surface area contributed by atoms with Crippen LogP contribution in [0.25, 0.3) is 10.6 Å². The molecule has 0 aliphatic carbocycles. The molecule has 3 rings (SSSR count). The summed E-state index contributed by atoms with van der Waals surface area (Å²) in [6, 6.07) is 7.42. The zero-order chi connectivity index (χ0) is 16.1. The van der Waals surface area contributed by atoms with E-state index in [1.165, 1.54) is 30.6 Å². The Bertz CT molecular complexity index is 652. The number of piperidine rings is 1. The van der Waals surface area contributed by atoms with Crippen molar-refractivity contribution < 1.29 is 4.79 Å². The van der Waals surface area contributed by atoms with Crippen LogP contribution in [0.1, 0.15) is 25.7 Å². The molecule has 1 N–H and O–H groups in total. The molecule has 0 saturated carbocycles. The van der Waals surface area contributed by atoms with Gasteiger partial charge in [-0.3, -0.25) is 4.79 Å². The van der Waals surface area contributed by atoms with Gasteiger partial charge in [-0.05, 0) is 38.1 Å². The van der Waals surface area contributed by atoms with Gasteiger partial charge in [0.15, 0.2) is 0 Å². The van der Waals surface area contributed by atoms with E-state index in [4.69, 9.17) is 11.6 Å². The number of hydrogen-bond acceptors (Lipinski definition) is 5. The average Bonchev–Trinajstić information content (AvgIpc) is 3.03. The third-order valence-corrected chi connectivity index (χ3v) is 5.01. The molecular weight excluding hydrogens is 332 g/mol. The Morgan fingerprint density at radius 1 is 1.17 bits per heavy atom. The van der Waals surface area contributed by atoms with E-state index in [-0.39, 0.29) is 5.91 Å². The zero-order valence-electron chi connectivity index (χ0n) is 12.8. The Kier molecular flexibility index (Phi) is 5.59. The van der Waals surface area contributed by atoms with Crippen LogP contribution in [0.5, 0.6) is 0 Å². The van der Waals surface area contributed by atoms with Crippen LogP contribution in [0, 0.1) is 0 Å². The van der Waals surface area contributed by atoms with Crippen LogP contribution in [-0.4, -0.2) is 40.6 Å². The number of rotatable bonds is 5. The molecule has 1 saturated heterocycles. The van der Waals surface area contributed by atoms with Crippen molar-refractivity contribution in [1.29, 1.82) is 0 Å². The molecule has 1 amide bonds. The van der Waals surface area contributed by atoms with Gasteiger partial charge in [0.1, 0.15) is 5.01 Å². The number of amides is 1. The highest BCUT2D eigenvalue weighted by atomic mass is 35.5. The second kappa shape index (κ2) is 7.86. The Balaban J connectivity index is 1.51. The Morgan fingerprint density at radius 2 is 1.91 bits per heavy atom. The summed E-state index contributed by atoms with van der Waals surface area (Å²) in [5.41, 5.74) is 0.945. The van der Waals surface area contributed by atoms with Gasteiger partial charge < -0.3 is 10.2 Å². The van der Waals surface area contributed by atoms with E-state index in [1.807, 2.05) is 24.3 Å². The summed E-state index contributed by atoms with van der Waals surface area (Å²) < 4.78 is 0. The molecule has 0 atom stereocenters. The SMILES string of the molecule is O=C(CCN1CCCCC1)Nc1nnc(-c2ccc(Cl)cc2)s1. The number of nitrogens with one attached hydrogen (secondary N) is 1. The first-order chi connectivity index (χ1) is 11.2. The fourth-order valence-electron chi connectivity index (χ4n) is 2.61. The minimum absolute atomic E-state index is 0.00520. The lowest BCUT2D eigenvalue weighted by molar-refractivity contribution is -0.116. The fraction of sp³-hybridized carbons (Fsp3) is 0.438. The van der Waals surface area contributed by atoms with Crippen LogP contribution in [-0.2, 0) is 4.79 Å². The van der Waals surface area contributed by atoms with Gasteiger partial charge in [-0.25, -0.2) is 0 Å². The number of aromatic nitrogens is 2. The predicted octanol–water partition coefficient (Wildman–Crippen LogP) is 3.67. The van der Waals surface area contributed by atoms with Crippen LogP contribution in [0.2, 0.25) is 5.02 Å². The first kappa shape index (κ1) is 16.4. The van der Waals surface area contributed by atoms with E-state index < -0.39 is 0 Å². The quantitative estimate of drug-likeness (QED) is 0.893. The van der Waals surface area contributed by atoms with Gasteiger partial charge in [-0.15, -0.1) is 10.2 Å². The van der Waals surface area contributed by atoms with Gasteiger partial charge in [0, 0.05) is 23.6 Å². The molecule has 0 spiro atoms. The number of nitrogens with zero attached hydrogens (tertiary/aromatic N) is 3. The highest BCUT2D eigenvalue weighted by Gasteiger charge is 2.13. The number of hydrogen-bond donors (Lipinski definition) is 1. The molecule has 0 radical (unpaired) electrons. The lowest BCUT2D eigenvalue weighted by atomic mass is 10.1. The van der Waals surface area contributed by atoms with Crippen molar-refractivity contribution in [2.45, 2.75) is 25.7 Å². The van der Waals surface area contributed by atoms with Gasteiger partial charge in [0.2, 0.25) is 11.0 Å². The Hall–Kier alpha value is -1.50. The number of likely N-dealkylation sites (tertiary alicyclic amines) is 1. The van der Waals surface area contributed by atoms with Gasteiger partial charge in [-0.1, -0.05) is 41.5 Å². The lowest BCUT2D eigenvalue weighted by Gasteiger charge is -2.25. The summed E-state index contributed by atoms with van der Waals surface area (Å²) in [5, 5.41) is 13.0. The summed E-state index contributed by atoms with van der Waals surface area (Å²) in [4.78, 5) is 14.4. The van der Waals surface area contributed by atoms with E-state index in [0.29, 0.717) is 16.6 Å². The van der Waals surface area contributed by atoms with Crippen molar-refractivity contribution in [3.05, 3.63) is 29.3 Å². The Labute approximate surface area is 144 Å². The number of anilines is 1. The van der Waals surface area contributed by atoms with Crippen LogP contribution >= 0.6 is 22.9 Å². The van der Waals surface area contributed by atoms with E-state index in [1.54, 1.807) is 0 Å². The van der Waals surface area contributed by atoms with Crippen molar-refractivity contribution >= 4 is 34.0 Å². The van der Waals surface area contributed by atoms with Crippen LogP contribution in [0.4, 0.5) is 5.13 Å².